The molecule has 1 aromatic carbocycles. The Bertz CT molecular complexity index is 702. The molecule has 0 saturated heterocycles. The molecule has 1 aromatic heterocycles. The van der Waals surface area contributed by atoms with Crippen molar-refractivity contribution in [2.75, 3.05) is 38.0 Å². The van der Waals surface area contributed by atoms with Crippen molar-refractivity contribution in [1.82, 2.24) is 4.98 Å². The smallest absolute Gasteiger partial charge is 0.257 e. The van der Waals surface area contributed by atoms with E-state index in [1.807, 2.05) is 13.1 Å². The number of anilines is 2. The van der Waals surface area contributed by atoms with Crippen molar-refractivity contribution >= 4 is 17.4 Å². The van der Waals surface area contributed by atoms with Crippen molar-refractivity contribution in [2.24, 2.45) is 0 Å². The van der Waals surface area contributed by atoms with Crippen molar-refractivity contribution in [2.45, 2.75) is 19.8 Å². The number of amides is 1. The van der Waals surface area contributed by atoms with E-state index in [4.69, 9.17) is 9.47 Å². The highest BCUT2D eigenvalue weighted by molar-refractivity contribution is 6.05. The zero-order valence-electron chi connectivity index (χ0n) is 15.2. The standard InChI is InChI=1S/C19H25N3O3/c1-5-6-11-22(2)18-10-7-14(13-20-18)19(23)21-16-9-8-15(24-3)12-17(16)25-4/h7-10,12-13H,5-6,11H2,1-4H3,(H,21,23). The Labute approximate surface area is 148 Å². The summed E-state index contributed by atoms with van der Waals surface area (Å²) in [7, 11) is 5.13. The number of hydrogen-bond acceptors (Lipinski definition) is 5. The lowest BCUT2D eigenvalue weighted by Crippen LogP contribution is -2.20. The van der Waals surface area contributed by atoms with Crippen LogP contribution in [0.4, 0.5) is 11.5 Å². The highest BCUT2D eigenvalue weighted by atomic mass is 16.5. The van der Waals surface area contributed by atoms with Gasteiger partial charge in [-0.05, 0) is 30.7 Å². The Hall–Kier alpha value is -2.76. The van der Waals surface area contributed by atoms with Crippen LogP contribution in [0.5, 0.6) is 11.5 Å². The van der Waals surface area contributed by atoms with Gasteiger partial charge in [0.05, 0.1) is 25.5 Å². The molecule has 0 aliphatic rings. The lowest BCUT2D eigenvalue weighted by Gasteiger charge is -2.17. The lowest BCUT2D eigenvalue weighted by molar-refractivity contribution is 0.102. The number of unbranched alkanes of at least 4 members (excludes halogenated alkanes) is 1. The second-order valence-electron chi connectivity index (χ2n) is 5.70. The van der Waals surface area contributed by atoms with Crippen LogP contribution in [-0.2, 0) is 0 Å². The van der Waals surface area contributed by atoms with Gasteiger partial charge in [0, 0.05) is 25.9 Å². The van der Waals surface area contributed by atoms with Gasteiger partial charge in [0.1, 0.15) is 17.3 Å². The van der Waals surface area contributed by atoms with Gasteiger partial charge in [0.15, 0.2) is 0 Å². The van der Waals surface area contributed by atoms with Gasteiger partial charge in [-0.1, -0.05) is 13.3 Å². The average Bonchev–Trinajstić information content (AvgIpc) is 2.66. The number of hydrogen-bond donors (Lipinski definition) is 1. The Balaban J connectivity index is 2.08. The van der Waals surface area contributed by atoms with Crippen molar-refractivity contribution in [3.8, 4) is 11.5 Å². The van der Waals surface area contributed by atoms with Crippen LogP contribution in [0.2, 0.25) is 0 Å². The highest BCUT2D eigenvalue weighted by Gasteiger charge is 2.12. The predicted molar refractivity (Wildman–Crippen MR) is 99.9 cm³/mol. The molecule has 0 aliphatic carbocycles. The van der Waals surface area contributed by atoms with Crippen molar-refractivity contribution in [1.29, 1.82) is 0 Å². The van der Waals surface area contributed by atoms with Crippen molar-refractivity contribution in [3.63, 3.8) is 0 Å². The van der Waals surface area contributed by atoms with Gasteiger partial charge in [0.2, 0.25) is 0 Å². The number of methoxy groups -OCH3 is 2. The Morgan fingerprint density at radius 2 is 2.00 bits per heavy atom. The maximum atomic E-state index is 12.4. The molecule has 1 N–H and O–H groups in total. The highest BCUT2D eigenvalue weighted by Crippen LogP contribution is 2.29. The average molecular weight is 343 g/mol. The Kier molecular flexibility index (Phi) is 6.62. The van der Waals surface area contributed by atoms with E-state index in [1.165, 1.54) is 0 Å². The third-order valence-electron chi connectivity index (χ3n) is 3.91. The number of pyridine rings is 1. The second kappa shape index (κ2) is 8.92. The number of nitrogens with zero attached hydrogens (tertiary/aromatic N) is 2. The van der Waals surface area contributed by atoms with Gasteiger partial charge in [-0.3, -0.25) is 4.79 Å². The van der Waals surface area contributed by atoms with Crippen LogP contribution in [0.15, 0.2) is 36.5 Å². The minimum absolute atomic E-state index is 0.237. The molecule has 25 heavy (non-hydrogen) atoms. The zero-order valence-corrected chi connectivity index (χ0v) is 15.2. The van der Waals surface area contributed by atoms with E-state index in [0.29, 0.717) is 22.7 Å². The van der Waals surface area contributed by atoms with Gasteiger partial charge < -0.3 is 19.7 Å². The van der Waals surface area contributed by atoms with E-state index >= 15 is 0 Å². The molecule has 6 nitrogen and oxygen atoms in total. The van der Waals surface area contributed by atoms with Crippen LogP contribution in [0.3, 0.4) is 0 Å². The fourth-order valence-electron chi connectivity index (χ4n) is 2.35. The Morgan fingerprint density at radius 1 is 1.20 bits per heavy atom. The molecule has 0 bridgehead atoms. The molecule has 0 unspecified atom stereocenters. The summed E-state index contributed by atoms with van der Waals surface area (Å²) in [6, 6.07) is 8.86. The summed E-state index contributed by atoms with van der Waals surface area (Å²) >= 11 is 0. The van der Waals surface area contributed by atoms with E-state index in [-0.39, 0.29) is 5.91 Å². The quantitative estimate of drug-likeness (QED) is 0.793. The molecule has 1 heterocycles. The molecular weight excluding hydrogens is 318 g/mol. The molecule has 0 radical (unpaired) electrons. The molecule has 6 heteroatoms. The minimum Gasteiger partial charge on any atom is -0.497 e. The second-order valence-corrected chi connectivity index (χ2v) is 5.70. The first-order chi connectivity index (χ1) is 12.1. The van der Waals surface area contributed by atoms with Crippen LogP contribution in [-0.4, -0.2) is 38.7 Å². The number of aromatic nitrogens is 1. The van der Waals surface area contributed by atoms with Crippen LogP contribution < -0.4 is 19.7 Å². The third kappa shape index (κ3) is 4.86. The lowest BCUT2D eigenvalue weighted by atomic mass is 10.2. The van der Waals surface area contributed by atoms with Gasteiger partial charge in [-0.15, -0.1) is 0 Å². The zero-order chi connectivity index (χ0) is 18.2. The molecule has 0 atom stereocenters. The van der Waals surface area contributed by atoms with Crippen LogP contribution in [0.1, 0.15) is 30.1 Å². The van der Waals surface area contributed by atoms with Crippen molar-refractivity contribution < 1.29 is 14.3 Å². The fraction of sp³-hybridized carbons (Fsp3) is 0.368. The number of ether oxygens (including phenoxy) is 2. The topological polar surface area (TPSA) is 63.7 Å². The molecule has 2 rings (SSSR count). The molecule has 0 aliphatic heterocycles. The predicted octanol–water partition coefficient (Wildman–Crippen LogP) is 3.59. The molecule has 0 saturated carbocycles. The summed E-state index contributed by atoms with van der Waals surface area (Å²) in [5, 5.41) is 2.84. The molecule has 2 aromatic rings. The summed E-state index contributed by atoms with van der Waals surface area (Å²) < 4.78 is 10.5. The summed E-state index contributed by atoms with van der Waals surface area (Å²) in [6.45, 7) is 3.10. The summed E-state index contributed by atoms with van der Waals surface area (Å²) in [6.07, 6.45) is 3.83. The largest absolute Gasteiger partial charge is 0.497 e. The first-order valence-corrected chi connectivity index (χ1v) is 8.29. The van der Waals surface area contributed by atoms with Crippen molar-refractivity contribution in [3.05, 3.63) is 42.1 Å². The molecule has 1 amide bonds. The van der Waals surface area contributed by atoms with E-state index < -0.39 is 0 Å². The minimum atomic E-state index is -0.237. The van der Waals surface area contributed by atoms with E-state index in [1.54, 1.807) is 44.7 Å². The first kappa shape index (κ1) is 18.6. The molecule has 0 fully saturated rings. The van der Waals surface area contributed by atoms with Gasteiger partial charge >= 0.3 is 0 Å². The van der Waals surface area contributed by atoms with Crippen LogP contribution in [0.25, 0.3) is 0 Å². The maximum absolute atomic E-state index is 12.4. The van der Waals surface area contributed by atoms with Gasteiger partial charge in [0.25, 0.3) is 5.91 Å². The first-order valence-electron chi connectivity index (χ1n) is 8.29. The SMILES string of the molecule is CCCCN(C)c1ccc(C(=O)Nc2ccc(OC)cc2OC)cn1. The number of carbonyl (C=O) groups excluding carboxylic acids is 1. The monoisotopic (exact) mass is 343 g/mol. The Morgan fingerprint density at radius 3 is 2.60 bits per heavy atom. The van der Waals surface area contributed by atoms with E-state index in [2.05, 4.69) is 22.1 Å². The number of carbonyl (C=O) groups is 1. The van der Waals surface area contributed by atoms with Gasteiger partial charge in [-0.2, -0.15) is 0 Å². The molecular formula is C19H25N3O3. The molecule has 134 valence electrons. The van der Waals surface area contributed by atoms with E-state index in [0.717, 1.165) is 25.2 Å². The third-order valence-corrected chi connectivity index (χ3v) is 3.91. The summed E-state index contributed by atoms with van der Waals surface area (Å²) in [5.41, 5.74) is 1.07. The number of rotatable bonds is 8. The normalized spacial score (nSPS) is 10.2. The van der Waals surface area contributed by atoms with Gasteiger partial charge in [-0.25, -0.2) is 4.98 Å². The fourth-order valence-corrected chi connectivity index (χ4v) is 2.35. The van der Waals surface area contributed by atoms with Crippen LogP contribution >= 0.6 is 0 Å². The molecule has 0 spiro atoms. The summed E-state index contributed by atoms with van der Waals surface area (Å²) in [4.78, 5) is 18.9. The number of nitrogens with one attached hydrogen (secondary N) is 1. The van der Waals surface area contributed by atoms with Crippen LogP contribution in [0, 0.1) is 0 Å². The van der Waals surface area contributed by atoms with E-state index in [9.17, 15) is 4.79 Å². The summed E-state index contributed by atoms with van der Waals surface area (Å²) in [5.74, 6) is 1.82. The maximum Gasteiger partial charge on any atom is 0.257 e. The number of benzene rings is 1.